The fraction of sp³-hybridized carbons (Fsp3) is 0.435. The molecule has 3 aromatic rings. The molecule has 1 aromatic carbocycles. The van der Waals surface area contributed by atoms with Gasteiger partial charge in [0.1, 0.15) is 0 Å². The first-order valence-electron chi connectivity index (χ1n) is 9.95. The number of aryl methyl sites for hydroxylation is 3. The summed E-state index contributed by atoms with van der Waals surface area (Å²) in [5.41, 5.74) is 6.06. The number of carbonyl (C=O) groups is 1. The van der Waals surface area contributed by atoms with Crippen LogP contribution in [0.15, 0.2) is 24.3 Å². The van der Waals surface area contributed by atoms with Gasteiger partial charge >= 0.3 is 0 Å². The van der Waals surface area contributed by atoms with Gasteiger partial charge in [0.15, 0.2) is 5.65 Å². The Kier molecular flexibility index (Phi) is 5.99. The molecule has 0 radical (unpaired) electrons. The van der Waals surface area contributed by atoms with Crippen LogP contribution in [0.5, 0.6) is 0 Å². The van der Waals surface area contributed by atoms with E-state index < -0.39 is 0 Å². The average Bonchev–Trinajstić information content (AvgIpc) is 2.97. The molecule has 6 heteroatoms. The summed E-state index contributed by atoms with van der Waals surface area (Å²) in [4.78, 5) is 17.2. The van der Waals surface area contributed by atoms with Crippen molar-refractivity contribution in [2.75, 3.05) is 0 Å². The van der Waals surface area contributed by atoms with E-state index in [4.69, 9.17) is 21.7 Å². The number of amides is 1. The van der Waals surface area contributed by atoms with Crippen LogP contribution in [0.2, 0.25) is 5.02 Å². The summed E-state index contributed by atoms with van der Waals surface area (Å²) >= 11 is 5.90. The molecular formula is C23H29ClN4O. The van der Waals surface area contributed by atoms with Crippen molar-refractivity contribution in [2.24, 2.45) is 0 Å². The maximum atomic E-state index is 12.4. The molecule has 0 bridgehead atoms. The third-order valence-corrected chi connectivity index (χ3v) is 5.47. The lowest BCUT2D eigenvalue weighted by Gasteiger charge is -2.20. The standard InChI is InChI=1S/C23H29ClN4O/c1-14-19(11-12-20(29)25-13-17-7-9-18(24)10-8-17)15(2)26-22-21(14)16(3)27-28(22)23(4,5)6/h7-10H,11-13H2,1-6H3,(H,25,29). The van der Waals surface area contributed by atoms with Gasteiger partial charge in [0, 0.05) is 29.1 Å². The first-order valence-corrected chi connectivity index (χ1v) is 10.3. The molecule has 5 nitrogen and oxygen atoms in total. The highest BCUT2D eigenvalue weighted by Gasteiger charge is 2.23. The molecule has 0 aliphatic carbocycles. The summed E-state index contributed by atoms with van der Waals surface area (Å²) in [6.45, 7) is 13.0. The zero-order valence-electron chi connectivity index (χ0n) is 18.1. The number of pyridine rings is 1. The molecule has 1 N–H and O–H groups in total. The van der Waals surface area contributed by atoms with Crippen molar-refractivity contribution < 1.29 is 4.79 Å². The van der Waals surface area contributed by atoms with Crippen LogP contribution in [0.1, 0.15) is 55.3 Å². The minimum absolute atomic E-state index is 0.0287. The minimum Gasteiger partial charge on any atom is -0.352 e. The quantitative estimate of drug-likeness (QED) is 0.640. The van der Waals surface area contributed by atoms with Crippen LogP contribution in [-0.2, 0) is 23.3 Å². The number of rotatable bonds is 5. The fourth-order valence-electron chi connectivity index (χ4n) is 3.67. The number of halogens is 1. The first-order chi connectivity index (χ1) is 13.6. The van der Waals surface area contributed by atoms with Gasteiger partial charge in [0.25, 0.3) is 0 Å². The van der Waals surface area contributed by atoms with Crippen LogP contribution in [0.4, 0.5) is 0 Å². The Labute approximate surface area is 177 Å². The Hall–Kier alpha value is -2.40. The number of hydrogen-bond acceptors (Lipinski definition) is 3. The van der Waals surface area contributed by atoms with Crippen molar-refractivity contribution in [3.8, 4) is 0 Å². The molecule has 0 aliphatic heterocycles. The molecule has 0 atom stereocenters. The molecule has 2 heterocycles. The van der Waals surface area contributed by atoms with Crippen LogP contribution in [0, 0.1) is 20.8 Å². The zero-order valence-corrected chi connectivity index (χ0v) is 18.8. The van der Waals surface area contributed by atoms with E-state index in [-0.39, 0.29) is 11.4 Å². The summed E-state index contributed by atoms with van der Waals surface area (Å²) in [6.07, 6.45) is 1.09. The number of hydrogen-bond donors (Lipinski definition) is 1. The largest absolute Gasteiger partial charge is 0.352 e. The van der Waals surface area contributed by atoms with Crippen molar-refractivity contribution in [1.29, 1.82) is 0 Å². The highest BCUT2D eigenvalue weighted by Crippen LogP contribution is 2.29. The predicted molar refractivity (Wildman–Crippen MR) is 118 cm³/mol. The van der Waals surface area contributed by atoms with Gasteiger partial charge in [-0.25, -0.2) is 9.67 Å². The van der Waals surface area contributed by atoms with E-state index in [2.05, 4.69) is 33.0 Å². The normalized spacial score (nSPS) is 11.8. The van der Waals surface area contributed by atoms with Gasteiger partial charge in [-0.15, -0.1) is 0 Å². The van der Waals surface area contributed by atoms with E-state index in [1.165, 1.54) is 5.56 Å². The van der Waals surface area contributed by atoms with E-state index in [0.29, 0.717) is 24.4 Å². The topological polar surface area (TPSA) is 59.8 Å². The summed E-state index contributed by atoms with van der Waals surface area (Å²) in [7, 11) is 0. The number of benzene rings is 1. The number of nitrogens with zero attached hydrogens (tertiary/aromatic N) is 3. The third kappa shape index (κ3) is 4.61. The van der Waals surface area contributed by atoms with Crippen LogP contribution < -0.4 is 5.32 Å². The highest BCUT2D eigenvalue weighted by molar-refractivity contribution is 6.30. The van der Waals surface area contributed by atoms with Gasteiger partial charge in [-0.3, -0.25) is 4.79 Å². The Morgan fingerprint density at radius 2 is 1.76 bits per heavy atom. The SMILES string of the molecule is Cc1nc2c(c(C)nn2C(C)(C)C)c(C)c1CCC(=O)NCc1ccc(Cl)cc1. The van der Waals surface area contributed by atoms with Crippen molar-refractivity contribution in [3.05, 3.63) is 57.4 Å². The molecular weight excluding hydrogens is 384 g/mol. The van der Waals surface area contributed by atoms with Crippen LogP contribution in [0.3, 0.4) is 0 Å². The summed E-state index contributed by atoms with van der Waals surface area (Å²) in [5, 5.41) is 9.51. The molecule has 0 spiro atoms. The van der Waals surface area contributed by atoms with Gasteiger partial charge in [-0.05, 0) is 76.8 Å². The average molecular weight is 413 g/mol. The number of carbonyl (C=O) groups excluding carboxylic acids is 1. The van der Waals surface area contributed by atoms with Crippen molar-refractivity contribution >= 4 is 28.5 Å². The van der Waals surface area contributed by atoms with E-state index in [1.807, 2.05) is 42.8 Å². The Morgan fingerprint density at radius 3 is 2.38 bits per heavy atom. The van der Waals surface area contributed by atoms with Gasteiger partial charge in [0.05, 0.1) is 11.2 Å². The fourth-order valence-corrected chi connectivity index (χ4v) is 3.80. The summed E-state index contributed by atoms with van der Waals surface area (Å²) in [5.74, 6) is 0.0287. The van der Waals surface area contributed by atoms with Crippen molar-refractivity contribution in [2.45, 2.75) is 66.5 Å². The lowest BCUT2D eigenvalue weighted by Crippen LogP contribution is -2.24. The van der Waals surface area contributed by atoms with Gasteiger partial charge in [0.2, 0.25) is 5.91 Å². The molecule has 0 saturated carbocycles. The van der Waals surface area contributed by atoms with E-state index in [1.54, 1.807) is 0 Å². The molecule has 0 saturated heterocycles. The highest BCUT2D eigenvalue weighted by atomic mass is 35.5. The first kappa shape index (κ1) is 21.3. The second kappa shape index (κ2) is 8.15. The molecule has 0 aliphatic rings. The minimum atomic E-state index is -0.137. The zero-order chi connectivity index (χ0) is 21.3. The molecule has 3 rings (SSSR count). The van der Waals surface area contributed by atoms with E-state index in [9.17, 15) is 4.79 Å². The van der Waals surface area contributed by atoms with Gasteiger partial charge in [-0.2, -0.15) is 5.10 Å². The smallest absolute Gasteiger partial charge is 0.220 e. The second-order valence-corrected chi connectivity index (χ2v) is 9.01. The Balaban J connectivity index is 1.75. The molecule has 154 valence electrons. The molecule has 2 aromatic heterocycles. The van der Waals surface area contributed by atoms with E-state index >= 15 is 0 Å². The summed E-state index contributed by atoms with van der Waals surface area (Å²) < 4.78 is 2.00. The number of nitrogens with one attached hydrogen (secondary N) is 1. The summed E-state index contributed by atoms with van der Waals surface area (Å²) in [6, 6.07) is 7.50. The molecule has 1 amide bonds. The maximum Gasteiger partial charge on any atom is 0.220 e. The Bertz CT molecular complexity index is 1050. The van der Waals surface area contributed by atoms with Gasteiger partial charge in [-0.1, -0.05) is 23.7 Å². The lowest BCUT2D eigenvalue weighted by atomic mass is 9.99. The number of fused-ring (bicyclic) bond motifs is 1. The predicted octanol–water partition coefficient (Wildman–Crippen LogP) is 5.01. The van der Waals surface area contributed by atoms with Gasteiger partial charge < -0.3 is 5.32 Å². The Morgan fingerprint density at radius 1 is 1.10 bits per heavy atom. The van der Waals surface area contributed by atoms with E-state index in [0.717, 1.165) is 33.5 Å². The molecule has 0 fully saturated rings. The molecule has 0 unspecified atom stereocenters. The monoisotopic (exact) mass is 412 g/mol. The third-order valence-electron chi connectivity index (χ3n) is 5.21. The van der Waals surface area contributed by atoms with Crippen LogP contribution in [0.25, 0.3) is 11.0 Å². The van der Waals surface area contributed by atoms with Crippen LogP contribution in [-0.4, -0.2) is 20.7 Å². The van der Waals surface area contributed by atoms with Crippen LogP contribution >= 0.6 is 11.6 Å². The van der Waals surface area contributed by atoms with Crippen molar-refractivity contribution in [3.63, 3.8) is 0 Å². The second-order valence-electron chi connectivity index (χ2n) is 8.57. The van der Waals surface area contributed by atoms with Crippen molar-refractivity contribution in [1.82, 2.24) is 20.1 Å². The lowest BCUT2D eigenvalue weighted by molar-refractivity contribution is -0.121. The molecule has 29 heavy (non-hydrogen) atoms. The number of aromatic nitrogens is 3. The maximum absolute atomic E-state index is 12.4.